The van der Waals surface area contributed by atoms with Gasteiger partial charge in [-0.2, -0.15) is 0 Å². The summed E-state index contributed by atoms with van der Waals surface area (Å²) >= 11 is 0. The second-order valence-electron chi connectivity index (χ2n) is 7.88. The van der Waals surface area contributed by atoms with Crippen molar-refractivity contribution in [2.45, 2.75) is 64.8 Å². The Balaban J connectivity index is 1.87. The molecule has 2 amide bonds. The molecule has 7 heteroatoms. The van der Waals surface area contributed by atoms with Gasteiger partial charge in [0.2, 0.25) is 11.8 Å². The van der Waals surface area contributed by atoms with Gasteiger partial charge in [0, 0.05) is 38.0 Å². The number of hydrogen-bond acceptors (Lipinski definition) is 4. The molecular weight excluding hydrogens is 352 g/mol. The van der Waals surface area contributed by atoms with Crippen molar-refractivity contribution in [3.8, 4) is 0 Å². The van der Waals surface area contributed by atoms with Crippen LogP contribution in [0.4, 0.5) is 0 Å². The maximum atomic E-state index is 12.7. The molecule has 1 aliphatic carbocycles. The van der Waals surface area contributed by atoms with E-state index in [1.54, 1.807) is 11.9 Å². The van der Waals surface area contributed by atoms with E-state index in [1.807, 2.05) is 4.90 Å². The largest absolute Gasteiger partial charge is 0.342 e. The smallest absolute Gasteiger partial charge is 0.225 e. The highest BCUT2D eigenvalue weighted by Crippen LogP contribution is 2.32. The Morgan fingerprint density at radius 3 is 1.81 bits per heavy atom. The van der Waals surface area contributed by atoms with Gasteiger partial charge in [0.05, 0.1) is 11.5 Å². The van der Waals surface area contributed by atoms with E-state index in [4.69, 9.17) is 0 Å². The first kappa shape index (κ1) is 21.2. The van der Waals surface area contributed by atoms with E-state index in [2.05, 4.69) is 13.8 Å². The lowest BCUT2D eigenvalue weighted by Crippen LogP contribution is -2.44. The van der Waals surface area contributed by atoms with Gasteiger partial charge in [-0.15, -0.1) is 0 Å². The fraction of sp³-hybridized carbons (Fsp3) is 0.895. The Hall–Kier alpha value is -1.11. The second-order valence-corrected chi connectivity index (χ2v) is 10.1. The molecular formula is C19H34N2O4S. The molecule has 0 spiro atoms. The molecule has 1 unspecified atom stereocenters. The van der Waals surface area contributed by atoms with Gasteiger partial charge in [0.15, 0.2) is 9.84 Å². The highest BCUT2D eigenvalue weighted by atomic mass is 32.2. The molecule has 1 atom stereocenters. The summed E-state index contributed by atoms with van der Waals surface area (Å²) in [5, 5.41) is 0. The van der Waals surface area contributed by atoms with Crippen LogP contribution >= 0.6 is 0 Å². The molecule has 2 rings (SSSR count). The van der Waals surface area contributed by atoms with Crippen molar-refractivity contribution in [2.24, 2.45) is 11.8 Å². The molecule has 0 bridgehead atoms. The van der Waals surface area contributed by atoms with E-state index in [9.17, 15) is 18.0 Å². The van der Waals surface area contributed by atoms with Gasteiger partial charge in [-0.25, -0.2) is 8.42 Å². The van der Waals surface area contributed by atoms with Crippen LogP contribution in [0.1, 0.15) is 58.8 Å². The first-order valence-corrected chi connectivity index (χ1v) is 11.9. The van der Waals surface area contributed by atoms with Crippen LogP contribution in [-0.4, -0.2) is 67.7 Å². The minimum atomic E-state index is -2.99. The highest BCUT2D eigenvalue weighted by Gasteiger charge is 2.37. The van der Waals surface area contributed by atoms with Crippen molar-refractivity contribution in [3.63, 3.8) is 0 Å². The quantitative estimate of drug-likeness (QED) is 0.671. The number of nitrogens with zero attached hydrogens (tertiary/aromatic N) is 2. The van der Waals surface area contributed by atoms with Crippen LogP contribution in [0, 0.1) is 11.8 Å². The Kier molecular flexibility index (Phi) is 7.50. The van der Waals surface area contributed by atoms with Crippen molar-refractivity contribution in [3.05, 3.63) is 0 Å². The van der Waals surface area contributed by atoms with Gasteiger partial charge in [-0.3, -0.25) is 9.59 Å². The molecule has 0 aromatic rings. The van der Waals surface area contributed by atoms with E-state index in [0.717, 1.165) is 51.6 Å². The summed E-state index contributed by atoms with van der Waals surface area (Å²) < 4.78 is 23.3. The lowest BCUT2D eigenvalue weighted by molar-refractivity contribution is -0.141. The Morgan fingerprint density at radius 2 is 1.38 bits per heavy atom. The minimum Gasteiger partial charge on any atom is -0.342 e. The van der Waals surface area contributed by atoms with E-state index < -0.39 is 9.84 Å². The zero-order valence-electron chi connectivity index (χ0n) is 16.4. The summed E-state index contributed by atoms with van der Waals surface area (Å²) in [5.41, 5.74) is 0. The average Bonchev–Trinajstić information content (AvgIpc) is 2.99. The Bertz CT molecular complexity index is 591. The molecule has 0 radical (unpaired) electrons. The number of sulfone groups is 1. The zero-order valence-corrected chi connectivity index (χ0v) is 17.3. The molecule has 1 heterocycles. The predicted molar refractivity (Wildman–Crippen MR) is 102 cm³/mol. The Morgan fingerprint density at radius 1 is 0.885 bits per heavy atom. The summed E-state index contributed by atoms with van der Waals surface area (Å²) in [6.07, 6.45) is 5.45. The molecule has 26 heavy (non-hydrogen) atoms. The van der Waals surface area contributed by atoms with Gasteiger partial charge in [-0.1, -0.05) is 13.8 Å². The molecule has 1 aliphatic heterocycles. The summed E-state index contributed by atoms with van der Waals surface area (Å²) in [4.78, 5) is 29.1. The molecule has 2 fully saturated rings. The summed E-state index contributed by atoms with van der Waals surface area (Å²) in [7, 11) is -1.26. The van der Waals surface area contributed by atoms with E-state index in [1.165, 1.54) is 0 Å². The molecule has 0 aromatic heterocycles. The zero-order chi connectivity index (χ0) is 19.3. The number of hydrogen-bond donors (Lipinski definition) is 0. The fourth-order valence-electron chi connectivity index (χ4n) is 4.27. The SMILES string of the molecule is CCCN(CCC)C(=O)C1CCC(C(=O)N(C)C2CCS(=O)(=O)C2)CC1. The summed E-state index contributed by atoms with van der Waals surface area (Å²) in [6, 6.07) is -0.184. The maximum Gasteiger partial charge on any atom is 0.225 e. The van der Waals surface area contributed by atoms with Crippen LogP contribution in [0.5, 0.6) is 0 Å². The standard InChI is InChI=1S/C19H34N2O4S/c1-4-11-21(12-5-2)19(23)16-8-6-15(7-9-16)18(22)20(3)17-10-13-26(24,25)14-17/h15-17H,4-14H2,1-3H3. The molecule has 1 saturated heterocycles. The first-order valence-electron chi connectivity index (χ1n) is 10.0. The summed E-state index contributed by atoms with van der Waals surface area (Å²) in [5.74, 6) is 0.534. The third kappa shape index (κ3) is 5.21. The number of carbonyl (C=O) groups is 2. The monoisotopic (exact) mass is 386 g/mol. The summed E-state index contributed by atoms with van der Waals surface area (Å²) in [6.45, 7) is 5.80. The van der Waals surface area contributed by atoms with Gasteiger partial charge >= 0.3 is 0 Å². The predicted octanol–water partition coefficient (Wildman–Crippen LogP) is 2.09. The van der Waals surface area contributed by atoms with Crippen LogP contribution < -0.4 is 0 Å². The second kappa shape index (κ2) is 9.20. The molecule has 150 valence electrons. The third-order valence-corrected chi connectivity index (χ3v) is 7.58. The van der Waals surface area contributed by atoms with Crippen molar-refractivity contribution in [2.75, 3.05) is 31.6 Å². The van der Waals surface area contributed by atoms with Crippen LogP contribution in [0.25, 0.3) is 0 Å². The number of carbonyl (C=O) groups excluding carboxylic acids is 2. The lowest BCUT2D eigenvalue weighted by atomic mass is 9.80. The normalized spacial score (nSPS) is 27.9. The van der Waals surface area contributed by atoms with Crippen molar-refractivity contribution in [1.29, 1.82) is 0 Å². The Labute approximate surface area is 158 Å². The topological polar surface area (TPSA) is 74.8 Å². The number of amides is 2. The van der Waals surface area contributed by atoms with Crippen molar-refractivity contribution < 1.29 is 18.0 Å². The molecule has 1 saturated carbocycles. The van der Waals surface area contributed by atoms with E-state index in [0.29, 0.717) is 6.42 Å². The molecule has 0 aromatic carbocycles. The molecule has 0 N–H and O–H groups in total. The maximum absolute atomic E-state index is 12.7. The minimum absolute atomic E-state index is 0.0364. The van der Waals surface area contributed by atoms with E-state index in [-0.39, 0.29) is 41.2 Å². The van der Waals surface area contributed by atoms with Crippen LogP contribution in [0.3, 0.4) is 0 Å². The van der Waals surface area contributed by atoms with Gasteiger partial charge < -0.3 is 9.80 Å². The van der Waals surface area contributed by atoms with Crippen LogP contribution in [-0.2, 0) is 19.4 Å². The van der Waals surface area contributed by atoms with E-state index >= 15 is 0 Å². The lowest BCUT2D eigenvalue weighted by Gasteiger charge is -2.34. The van der Waals surface area contributed by atoms with Crippen LogP contribution in [0.2, 0.25) is 0 Å². The van der Waals surface area contributed by atoms with Crippen molar-refractivity contribution in [1.82, 2.24) is 9.80 Å². The third-order valence-electron chi connectivity index (χ3n) is 5.83. The average molecular weight is 387 g/mol. The molecule has 6 nitrogen and oxygen atoms in total. The number of rotatable bonds is 7. The molecule has 2 aliphatic rings. The van der Waals surface area contributed by atoms with Gasteiger partial charge in [-0.05, 0) is 44.9 Å². The first-order chi connectivity index (χ1) is 12.3. The fourth-order valence-corrected chi connectivity index (χ4v) is 6.04. The van der Waals surface area contributed by atoms with Gasteiger partial charge in [0.25, 0.3) is 0 Å². The van der Waals surface area contributed by atoms with Gasteiger partial charge in [0.1, 0.15) is 0 Å². The van der Waals surface area contributed by atoms with Crippen molar-refractivity contribution >= 4 is 21.7 Å². The van der Waals surface area contributed by atoms with Crippen LogP contribution in [0.15, 0.2) is 0 Å². The highest BCUT2D eigenvalue weighted by molar-refractivity contribution is 7.91.